The van der Waals surface area contributed by atoms with Gasteiger partial charge in [0.15, 0.2) is 5.76 Å². The first-order valence-electron chi connectivity index (χ1n) is 8.43. The highest BCUT2D eigenvalue weighted by Gasteiger charge is 2.15. The van der Waals surface area contributed by atoms with E-state index < -0.39 is 11.9 Å². The molecule has 0 fully saturated rings. The quantitative estimate of drug-likeness (QED) is 0.488. The Balaban J connectivity index is 1.66. The van der Waals surface area contributed by atoms with Gasteiger partial charge in [-0.3, -0.25) is 4.79 Å². The zero-order valence-corrected chi connectivity index (χ0v) is 15.6. The van der Waals surface area contributed by atoms with E-state index in [9.17, 15) is 9.70 Å². The number of thioether (sulfide) groups is 1. The second-order valence-corrected chi connectivity index (χ2v) is 7.04. The number of benzene rings is 2. The van der Waals surface area contributed by atoms with Crippen LogP contribution in [0.2, 0.25) is 0 Å². The van der Waals surface area contributed by atoms with Crippen molar-refractivity contribution in [2.75, 3.05) is 0 Å². The molecule has 0 aliphatic rings. The first-order valence-corrected chi connectivity index (χ1v) is 9.41. The minimum absolute atomic E-state index is 0.277. The Morgan fingerprint density at radius 1 is 1.19 bits per heavy atom. The average molecular weight is 381 g/mol. The van der Waals surface area contributed by atoms with Crippen LogP contribution in [0.1, 0.15) is 16.8 Å². The smallest absolute Gasteiger partial charge is 0.303 e. The molecule has 0 saturated heterocycles. The topological polar surface area (TPSA) is 98.5 Å². The molecular weight excluding hydrogens is 362 g/mol. The zero-order valence-electron chi connectivity index (χ0n) is 14.8. The standard InChI is InChI=1S/C20H19N3O3S/c1-13-18(16-8-3-2-4-9-16)26-20(22-13)27-12-15-7-5-6-14(10-15)11-17(21)19(24)23-25/h2-10,17H,11-12,21H2,1H3. The molecule has 0 bridgehead atoms. The van der Waals surface area contributed by atoms with Gasteiger partial charge in [0.05, 0.1) is 11.7 Å². The van der Waals surface area contributed by atoms with Gasteiger partial charge >= 0.3 is 5.91 Å². The lowest BCUT2D eigenvalue weighted by Gasteiger charge is -2.07. The summed E-state index contributed by atoms with van der Waals surface area (Å²) in [6, 6.07) is 16.7. The average Bonchev–Trinajstić information content (AvgIpc) is 3.07. The lowest BCUT2D eigenvalue weighted by molar-refractivity contribution is -0.119. The van der Waals surface area contributed by atoms with Crippen LogP contribution in [-0.4, -0.2) is 16.9 Å². The van der Waals surface area contributed by atoms with Gasteiger partial charge in [-0.15, -0.1) is 4.91 Å². The molecule has 2 aromatic carbocycles. The molecule has 2 N–H and O–H groups in total. The fourth-order valence-electron chi connectivity index (χ4n) is 2.69. The normalized spacial score (nSPS) is 11.9. The van der Waals surface area contributed by atoms with Crippen molar-refractivity contribution in [1.29, 1.82) is 0 Å². The summed E-state index contributed by atoms with van der Waals surface area (Å²) in [4.78, 5) is 26.0. The number of nitrogens with two attached hydrogens (primary N) is 1. The van der Waals surface area contributed by atoms with E-state index in [4.69, 9.17) is 10.2 Å². The number of hydrogen-bond donors (Lipinski definition) is 1. The highest BCUT2D eigenvalue weighted by Crippen LogP contribution is 2.30. The van der Waals surface area contributed by atoms with Gasteiger partial charge in [-0.2, -0.15) is 0 Å². The van der Waals surface area contributed by atoms with Crippen molar-refractivity contribution in [2.24, 2.45) is 10.9 Å². The van der Waals surface area contributed by atoms with Gasteiger partial charge in [-0.25, -0.2) is 4.98 Å². The maximum Gasteiger partial charge on any atom is 0.303 e. The van der Waals surface area contributed by atoms with Crippen molar-refractivity contribution in [2.45, 2.75) is 30.4 Å². The van der Waals surface area contributed by atoms with Crippen molar-refractivity contribution in [3.05, 3.63) is 76.3 Å². The van der Waals surface area contributed by atoms with Crippen molar-refractivity contribution < 1.29 is 9.21 Å². The second kappa shape index (κ2) is 8.75. The molecule has 0 aliphatic carbocycles. The third kappa shape index (κ3) is 4.90. The molecule has 6 nitrogen and oxygen atoms in total. The number of aryl methyl sites for hydroxylation is 1. The summed E-state index contributed by atoms with van der Waals surface area (Å²) >= 11 is 1.50. The Hall–Kier alpha value is -2.77. The van der Waals surface area contributed by atoms with E-state index >= 15 is 0 Å². The molecule has 3 rings (SSSR count). The first kappa shape index (κ1) is 19.0. The number of hydrogen-bond acceptors (Lipinski definition) is 6. The number of amides is 1. The third-order valence-corrected chi connectivity index (χ3v) is 4.93. The minimum Gasteiger partial charge on any atom is -0.431 e. The van der Waals surface area contributed by atoms with Gasteiger partial charge in [-0.1, -0.05) is 66.4 Å². The fraction of sp³-hybridized carbons (Fsp3) is 0.200. The van der Waals surface area contributed by atoms with E-state index in [0.717, 1.165) is 28.1 Å². The molecular formula is C20H19N3O3S. The monoisotopic (exact) mass is 381 g/mol. The third-order valence-electron chi connectivity index (χ3n) is 4.03. The minimum atomic E-state index is -0.909. The number of carbonyl (C=O) groups is 1. The van der Waals surface area contributed by atoms with E-state index in [-0.39, 0.29) is 6.42 Å². The number of nitrogens with zero attached hydrogens (tertiary/aromatic N) is 2. The van der Waals surface area contributed by atoms with Crippen LogP contribution >= 0.6 is 11.8 Å². The van der Waals surface area contributed by atoms with Gasteiger partial charge in [-0.05, 0) is 24.5 Å². The van der Waals surface area contributed by atoms with Gasteiger partial charge in [0.2, 0.25) is 0 Å². The van der Waals surface area contributed by atoms with Crippen molar-refractivity contribution in [3.63, 3.8) is 0 Å². The number of nitroso groups, excluding NO2 is 1. The highest BCUT2D eigenvalue weighted by molar-refractivity contribution is 7.98. The Labute approximate surface area is 161 Å². The molecule has 0 spiro atoms. The number of carbonyl (C=O) groups excluding carboxylic acids is 1. The molecule has 1 atom stereocenters. The van der Waals surface area contributed by atoms with Crippen LogP contribution in [0.3, 0.4) is 0 Å². The Morgan fingerprint density at radius 2 is 1.93 bits per heavy atom. The Morgan fingerprint density at radius 3 is 2.67 bits per heavy atom. The van der Waals surface area contributed by atoms with E-state index in [2.05, 4.69) is 10.2 Å². The number of rotatable bonds is 7. The molecule has 138 valence electrons. The molecule has 27 heavy (non-hydrogen) atoms. The maximum absolute atomic E-state index is 11.2. The van der Waals surface area contributed by atoms with E-state index in [1.807, 2.05) is 61.5 Å². The lowest BCUT2D eigenvalue weighted by Crippen LogP contribution is -2.31. The largest absolute Gasteiger partial charge is 0.431 e. The van der Waals surface area contributed by atoms with Crippen LogP contribution in [0.4, 0.5) is 0 Å². The molecule has 3 aromatic rings. The molecule has 1 amide bonds. The molecule has 0 saturated carbocycles. The summed E-state index contributed by atoms with van der Waals surface area (Å²) in [5.41, 5.74) is 9.46. The first-order chi connectivity index (χ1) is 13.1. The fourth-order valence-corrected chi connectivity index (χ4v) is 3.50. The summed E-state index contributed by atoms with van der Waals surface area (Å²) in [5, 5.41) is 2.99. The van der Waals surface area contributed by atoms with E-state index in [0.29, 0.717) is 11.0 Å². The van der Waals surface area contributed by atoms with Crippen LogP contribution in [0, 0.1) is 11.8 Å². The van der Waals surface area contributed by atoms with Crippen LogP contribution in [0.25, 0.3) is 11.3 Å². The zero-order chi connectivity index (χ0) is 19.2. The number of aromatic nitrogens is 1. The van der Waals surface area contributed by atoms with E-state index in [1.54, 1.807) is 0 Å². The molecule has 7 heteroatoms. The summed E-state index contributed by atoms with van der Waals surface area (Å²) < 4.78 is 5.90. The van der Waals surface area contributed by atoms with Crippen LogP contribution in [-0.2, 0) is 17.0 Å². The van der Waals surface area contributed by atoms with Gasteiger partial charge < -0.3 is 10.2 Å². The molecule has 1 unspecified atom stereocenters. The molecule has 1 aromatic heterocycles. The summed E-state index contributed by atoms with van der Waals surface area (Å²) in [6.07, 6.45) is 0.277. The van der Waals surface area contributed by atoms with Crippen LogP contribution < -0.4 is 5.73 Å². The Kier molecular flexibility index (Phi) is 6.16. The number of oxazole rings is 1. The second-order valence-electron chi connectivity index (χ2n) is 6.11. The van der Waals surface area contributed by atoms with Crippen molar-refractivity contribution >= 4 is 17.7 Å². The summed E-state index contributed by atoms with van der Waals surface area (Å²) in [6.45, 7) is 1.93. The van der Waals surface area contributed by atoms with Gasteiger partial charge in [0.1, 0.15) is 0 Å². The molecule has 0 aliphatic heterocycles. The van der Waals surface area contributed by atoms with Crippen molar-refractivity contribution in [1.82, 2.24) is 4.98 Å². The summed E-state index contributed by atoms with van der Waals surface area (Å²) in [5.74, 6) is 0.605. The van der Waals surface area contributed by atoms with Crippen molar-refractivity contribution in [3.8, 4) is 11.3 Å². The van der Waals surface area contributed by atoms with Gasteiger partial charge in [0.25, 0.3) is 5.22 Å². The van der Waals surface area contributed by atoms with E-state index in [1.165, 1.54) is 11.8 Å². The van der Waals surface area contributed by atoms with Gasteiger partial charge in [0, 0.05) is 16.5 Å². The Bertz CT molecular complexity index is 941. The predicted molar refractivity (Wildman–Crippen MR) is 105 cm³/mol. The van der Waals surface area contributed by atoms with Crippen LogP contribution in [0.5, 0.6) is 0 Å². The van der Waals surface area contributed by atoms with Crippen LogP contribution in [0.15, 0.2) is 69.4 Å². The predicted octanol–water partition coefficient (Wildman–Crippen LogP) is 4.11. The highest BCUT2D eigenvalue weighted by atomic mass is 32.2. The maximum atomic E-state index is 11.2. The molecule has 1 heterocycles. The lowest BCUT2D eigenvalue weighted by atomic mass is 10.0. The molecule has 0 radical (unpaired) electrons. The summed E-state index contributed by atoms with van der Waals surface area (Å²) in [7, 11) is 0. The SMILES string of the molecule is Cc1nc(SCc2cccc(CC(N)C(=O)N=O)c2)oc1-c1ccccc1.